The highest BCUT2D eigenvalue weighted by Gasteiger charge is 2.38. The molecule has 1 aliphatic heterocycles. The molecule has 1 saturated heterocycles. The quantitative estimate of drug-likeness (QED) is 0.772. The highest BCUT2D eigenvalue weighted by atomic mass is 35.5. The third kappa shape index (κ3) is 5.19. The lowest BCUT2D eigenvalue weighted by molar-refractivity contribution is -0.118. The Morgan fingerprint density at radius 3 is 2.67 bits per heavy atom. The number of halogens is 2. The van der Waals surface area contributed by atoms with Crippen molar-refractivity contribution in [2.24, 2.45) is 0 Å². The monoisotopic (exact) mass is 397 g/mol. The van der Waals surface area contributed by atoms with Gasteiger partial charge in [0.15, 0.2) is 0 Å². The molecular weight excluding hydrogens is 369 g/mol. The summed E-state index contributed by atoms with van der Waals surface area (Å²) in [5, 5.41) is 6.41. The average molecular weight is 398 g/mol. The molecule has 2 fully saturated rings. The number of rotatable bonds is 6. The second kappa shape index (κ2) is 9.32. The molecule has 0 aromatic heterocycles. The van der Waals surface area contributed by atoms with Gasteiger partial charge in [-0.05, 0) is 38.0 Å². The zero-order valence-electron chi connectivity index (χ0n) is 15.9. The van der Waals surface area contributed by atoms with Crippen molar-refractivity contribution in [3.05, 3.63) is 29.0 Å². The first kappa shape index (κ1) is 20.5. The highest BCUT2D eigenvalue weighted by molar-refractivity contribution is 6.33. The van der Waals surface area contributed by atoms with E-state index >= 15 is 0 Å². The first-order chi connectivity index (χ1) is 13.0. The maximum Gasteiger partial charge on any atom is 0.241 e. The number of hydrogen-bond acceptors (Lipinski definition) is 4. The second-order valence-corrected chi connectivity index (χ2v) is 8.01. The number of benzene rings is 1. The molecule has 0 radical (unpaired) electrons. The fourth-order valence-electron chi connectivity index (χ4n) is 4.12. The van der Waals surface area contributed by atoms with Crippen LogP contribution in [0, 0.1) is 5.82 Å². The van der Waals surface area contributed by atoms with Gasteiger partial charge in [-0.2, -0.15) is 0 Å². The molecule has 0 spiro atoms. The van der Waals surface area contributed by atoms with Crippen molar-refractivity contribution in [1.82, 2.24) is 10.2 Å². The van der Waals surface area contributed by atoms with Crippen LogP contribution >= 0.6 is 11.6 Å². The zero-order chi connectivity index (χ0) is 19.3. The van der Waals surface area contributed by atoms with Gasteiger partial charge in [0, 0.05) is 25.2 Å². The van der Waals surface area contributed by atoms with Gasteiger partial charge in [0.05, 0.1) is 30.0 Å². The van der Waals surface area contributed by atoms with Crippen LogP contribution in [-0.2, 0) is 9.53 Å². The minimum absolute atomic E-state index is 0.101. The molecular formula is C20H29ClFN3O2. The van der Waals surface area contributed by atoms with Crippen molar-refractivity contribution in [3.8, 4) is 0 Å². The maximum absolute atomic E-state index is 13.2. The average Bonchev–Trinajstić information content (AvgIpc) is 2.69. The molecule has 150 valence electrons. The molecule has 1 aromatic carbocycles. The number of hydrogen-bond donors (Lipinski definition) is 2. The summed E-state index contributed by atoms with van der Waals surface area (Å²) in [6.07, 6.45) is 6.04. The lowest BCUT2D eigenvalue weighted by Gasteiger charge is -2.48. The molecule has 1 atom stereocenters. The van der Waals surface area contributed by atoms with Gasteiger partial charge in [-0.15, -0.1) is 0 Å². The van der Waals surface area contributed by atoms with Crippen molar-refractivity contribution < 1.29 is 13.9 Å². The molecule has 2 aliphatic rings. The van der Waals surface area contributed by atoms with Crippen LogP contribution in [0.3, 0.4) is 0 Å². The van der Waals surface area contributed by atoms with Crippen molar-refractivity contribution in [2.45, 2.75) is 50.6 Å². The van der Waals surface area contributed by atoms with Crippen LogP contribution in [0.15, 0.2) is 18.2 Å². The standard InChI is InChI=1S/C20H29ClFN3O2/c1-15(19(26)24-18-6-5-16(22)13-17(18)21)23-14-20(7-3-2-4-8-20)25-9-11-27-12-10-25/h5-6,13,15,23H,2-4,7-12,14H2,1H3,(H,24,26)/t15-/m1/s1. The van der Waals surface area contributed by atoms with Gasteiger partial charge < -0.3 is 15.4 Å². The molecule has 5 nitrogen and oxygen atoms in total. The second-order valence-electron chi connectivity index (χ2n) is 7.60. The molecule has 1 aromatic rings. The Bertz CT molecular complexity index is 646. The lowest BCUT2D eigenvalue weighted by Crippen LogP contribution is -2.60. The summed E-state index contributed by atoms with van der Waals surface area (Å²) >= 11 is 6.01. The Morgan fingerprint density at radius 2 is 2.00 bits per heavy atom. The Kier molecular flexibility index (Phi) is 7.09. The predicted octanol–water partition coefficient (Wildman–Crippen LogP) is 3.43. The third-order valence-corrected chi connectivity index (χ3v) is 6.10. The number of morpholine rings is 1. The molecule has 0 bridgehead atoms. The van der Waals surface area contributed by atoms with Crippen LogP contribution in [0.5, 0.6) is 0 Å². The van der Waals surface area contributed by atoms with E-state index in [0.717, 1.165) is 45.7 Å². The summed E-state index contributed by atoms with van der Waals surface area (Å²) in [4.78, 5) is 15.1. The molecule has 2 N–H and O–H groups in total. The maximum atomic E-state index is 13.2. The summed E-state index contributed by atoms with van der Waals surface area (Å²) in [5.74, 6) is -0.592. The summed E-state index contributed by atoms with van der Waals surface area (Å²) < 4.78 is 18.7. The van der Waals surface area contributed by atoms with Crippen LogP contribution < -0.4 is 10.6 Å². The lowest BCUT2D eigenvalue weighted by atomic mass is 9.79. The van der Waals surface area contributed by atoms with E-state index < -0.39 is 5.82 Å². The molecule has 1 amide bonds. The van der Waals surface area contributed by atoms with E-state index in [9.17, 15) is 9.18 Å². The Hall–Kier alpha value is -1.21. The number of carbonyl (C=O) groups is 1. The number of nitrogens with zero attached hydrogens (tertiary/aromatic N) is 1. The summed E-state index contributed by atoms with van der Waals surface area (Å²) in [6.45, 7) is 6.09. The van der Waals surface area contributed by atoms with Crippen molar-refractivity contribution in [1.29, 1.82) is 0 Å². The van der Waals surface area contributed by atoms with Crippen LogP contribution in [0.25, 0.3) is 0 Å². The van der Waals surface area contributed by atoms with E-state index in [0.29, 0.717) is 5.69 Å². The fourth-order valence-corrected chi connectivity index (χ4v) is 4.33. The summed E-state index contributed by atoms with van der Waals surface area (Å²) in [5.41, 5.74) is 0.529. The minimum atomic E-state index is -0.422. The van der Waals surface area contributed by atoms with Crippen molar-refractivity contribution >= 4 is 23.2 Å². The smallest absolute Gasteiger partial charge is 0.241 e. The normalized spacial score (nSPS) is 21.6. The van der Waals surface area contributed by atoms with Gasteiger partial charge in [-0.25, -0.2) is 4.39 Å². The van der Waals surface area contributed by atoms with E-state index in [-0.39, 0.29) is 22.5 Å². The first-order valence-corrected chi connectivity index (χ1v) is 10.2. The van der Waals surface area contributed by atoms with E-state index in [1.807, 2.05) is 6.92 Å². The van der Waals surface area contributed by atoms with E-state index in [1.54, 1.807) is 0 Å². The zero-order valence-corrected chi connectivity index (χ0v) is 16.7. The van der Waals surface area contributed by atoms with Crippen molar-refractivity contribution in [3.63, 3.8) is 0 Å². The topological polar surface area (TPSA) is 53.6 Å². The SMILES string of the molecule is C[C@@H](NCC1(N2CCOCC2)CCCCC1)C(=O)Nc1ccc(F)cc1Cl. The number of anilines is 1. The first-order valence-electron chi connectivity index (χ1n) is 9.82. The Labute approximate surface area is 165 Å². The van der Waals surface area contributed by atoms with Crippen LogP contribution in [-0.4, -0.2) is 55.2 Å². The highest BCUT2D eigenvalue weighted by Crippen LogP contribution is 2.34. The van der Waals surface area contributed by atoms with Crippen LogP contribution in [0.4, 0.5) is 10.1 Å². The Balaban J connectivity index is 1.59. The van der Waals surface area contributed by atoms with Gasteiger partial charge in [-0.3, -0.25) is 9.69 Å². The minimum Gasteiger partial charge on any atom is -0.379 e. The third-order valence-electron chi connectivity index (χ3n) is 5.79. The molecule has 0 unspecified atom stereocenters. The largest absolute Gasteiger partial charge is 0.379 e. The van der Waals surface area contributed by atoms with Gasteiger partial charge in [0.2, 0.25) is 5.91 Å². The summed E-state index contributed by atoms with van der Waals surface area (Å²) in [7, 11) is 0. The van der Waals surface area contributed by atoms with Gasteiger partial charge in [-0.1, -0.05) is 30.9 Å². The number of ether oxygens (including phenoxy) is 1. The predicted molar refractivity (Wildman–Crippen MR) is 106 cm³/mol. The van der Waals surface area contributed by atoms with Gasteiger partial charge >= 0.3 is 0 Å². The molecule has 3 rings (SSSR count). The Morgan fingerprint density at radius 1 is 1.30 bits per heavy atom. The molecule has 1 aliphatic carbocycles. The van der Waals surface area contributed by atoms with Crippen LogP contribution in [0.2, 0.25) is 5.02 Å². The molecule has 1 heterocycles. The fraction of sp³-hybridized carbons (Fsp3) is 0.650. The molecule has 7 heteroatoms. The number of amides is 1. The summed E-state index contributed by atoms with van der Waals surface area (Å²) in [6, 6.07) is 3.60. The van der Waals surface area contributed by atoms with Crippen LogP contribution in [0.1, 0.15) is 39.0 Å². The van der Waals surface area contributed by atoms with E-state index in [4.69, 9.17) is 16.3 Å². The van der Waals surface area contributed by atoms with Gasteiger partial charge in [0.1, 0.15) is 5.82 Å². The number of carbonyl (C=O) groups excluding carboxylic acids is 1. The van der Waals surface area contributed by atoms with Gasteiger partial charge in [0.25, 0.3) is 0 Å². The van der Waals surface area contributed by atoms with E-state index in [2.05, 4.69) is 15.5 Å². The van der Waals surface area contributed by atoms with E-state index in [1.165, 1.54) is 37.5 Å². The molecule has 27 heavy (non-hydrogen) atoms. The number of nitrogens with one attached hydrogen (secondary N) is 2. The van der Waals surface area contributed by atoms with Crippen molar-refractivity contribution in [2.75, 3.05) is 38.2 Å². The molecule has 1 saturated carbocycles.